The Morgan fingerprint density at radius 3 is 2.81 bits per heavy atom. The molecule has 21 heavy (non-hydrogen) atoms. The van der Waals surface area contributed by atoms with Gasteiger partial charge in [-0.2, -0.15) is 0 Å². The van der Waals surface area contributed by atoms with E-state index in [2.05, 4.69) is 17.2 Å². The molecule has 0 unspecified atom stereocenters. The summed E-state index contributed by atoms with van der Waals surface area (Å²) in [5, 5.41) is 2.90. The molecule has 3 N–H and O–H groups in total. The van der Waals surface area contributed by atoms with Gasteiger partial charge in [-0.1, -0.05) is 11.8 Å². The SMILES string of the molecule is CC1(NC(=O)c2ccc(C#CCN)cc2F)CCOCC1. The fourth-order valence-electron chi connectivity index (χ4n) is 2.22. The molecule has 0 saturated carbocycles. The number of rotatable bonds is 2. The first kappa shape index (κ1) is 15.5. The zero-order chi connectivity index (χ0) is 15.3. The van der Waals surface area contributed by atoms with E-state index >= 15 is 0 Å². The molecule has 112 valence electrons. The van der Waals surface area contributed by atoms with Gasteiger partial charge in [0, 0.05) is 24.3 Å². The van der Waals surface area contributed by atoms with Gasteiger partial charge in [0.25, 0.3) is 5.91 Å². The summed E-state index contributed by atoms with van der Waals surface area (Å²) in [4.78, 5) is 12.2. The van der Waals surface area contributed by atoms with Crippen molar-refractivity contribution in [1.29, 1.82) is 0 Å². The number of ether oxygens (including phenoxy) is 1. The van der Waals surface area contributed by atoms with E-state index in [9.17, 15) is 9.18 Å². The minimum atomic E-state index is -0.577. The molecule has 1 amide bonds. The van der Waals surface area contributed by atoms with Crippen LogP contribution in [0, 0.1) is 17.7 Å². The summed E-state index contributed by atoms with van der Waals surface area (Å²) >= 11 is 0. The molecular weight excluding hydrogens is 271 g/mol. The Kier molecular flexibility index (Phi) is 4.94. The number of amides is 1. The molecule has 2 rings (SSSR count). The zero-order valence-corrected chi connectivity index (χ0v) is 12.0. The molecule has 1 aliphatic rings. The van der Waals surface area contributed by atoms with Gasteiger partial charge in [-0.05, 0) is 38.0 Å². The van der Waals surface area contributed by atoms with Crippen molar-refractivity contribution in [3.63, 3.8) is 0 Å². The van der Waals surface area contributed by atoms with Gasteiger partial charge in [0.15, 0.2) is 0 Å². The minimum Gasteiger partial charge on any atom is -0.381 e. The summed E-state index contributed by atoms with van der Waals surface area (Å²) in [7, 11) is 0. The van der Waals surface area contributed by atoms with E-state index in [0.717, 1.165) is 12.8 Å². The highest BCUT2D eigenvalue weighted by Gasteiger charge is 2.30. The van der Waals surface area contributed by atoms with Crippen LogP contribution < -0.4 is 11.1 Å². The molecule has 0 spiro atoms. The summed E-state index contributed by atoms with van der Waals surface area (Å²) in [6.45, 7) is 3.37. The van der Waals surface area contributed by atoms with E-state index in [0.29, 0.717) is 18.8 Å². The highest BCUT2D eigenvalue weighted by atomic mass is 19.1. The molecule has 5 heteroatoms. The van der Waals surface area contributed by atoms with Crippen LogP contribution in [0.5, 0.6) is 0 Å². The fourth-order valence-corrected chi connectivity index (χ4v) is 2.22. The summed E-state index contributed by atoms with van der Waals surface area (Å²) in [5.74, 6) is 4.40. The second kappa shape index (κ2) is 6.70. The molecule has 0 aliphatic carbocycles. The fraction of sp³-hybridized carbons (Fsp3) is 0.438. The molecule has 1 aromatic rings. The first-order valence-electron chi connectivity index (χ1n) is 6.93. The van der Waals surface area contributed by atoms with Crippen molar-refractivity contribution < 1.29 is 13.9 Å². The molecule has 1 aromatic carbocycles. The van der Waals surface area contributed by atoms with Crippen LogP contribution in [0.2, 0.25) is 0 Å². The third-order valence-electron chi connectivity index (χ3n) is 3.56. The van der Waals surface area contributed by atoms with Crippen molar-refractivity contribution >= 4 is 5.91 Å². The molecule has 4 nitrogen and oxygen atoms in total. The van der Waals surface area contributed by atoms with E-state index in [-0.39, 0.29) is 17.6 Å². The van der Waals surface area contributed by atoms with Gasteiger partial charge in [-0.15, -0.1) is 0 Å². The summed E-state index contributed by atoms with van der Waals surface area (Å²) in [5.41, 5.74) is 5.46. The van der Waals surface area contributed by atoms with Gasteiger partial charge < -0.3 is 15.8 Å². The molecule has 1 saturated heterocycles. The summed E-state index contributed by atoms with van der Waals surface area (Å²) in [6, 6.07) is 4.32. The van der Waals surface area contributed by atoms with Crippen LogP contribution in [-0.4, -0.2) is 31.2 Å². The van der Waals surface area contributed by atoms with Crippen molar-refractivity contribution in [2.24, 2.45) is 5.73 Å². The first-order chi connectivity index (χ1) is 10.0. The van der Waals surface area contributed by atoms with E-state index < -0.39 is 11.7 Å². The smallest absolute Gasteiger partial charge is 0.254 e. The van der Waals surface area contributed by atoms with Gasteiger partial charge in [0.2, 0.25) is 0 Å². The first-order valence-corrected chi connectivity index (χ1v) is 6.93. The maximum Gasteiger partial charge on any atom is 0.254 e. The zero-order valence-electron chi connectivity index (χ0n) is 12.0. The van der Waals surface area contributed by atoms with Crippen molar-refractivity contribution in [3.8, 4) is 11.8 Å². The van der Waals surface area contributed by atoms with Gasteiger partial charge in [-0.3, -0.25) is 4.79 Å². The molecule has 1 heterocycles. The Balaban J connectivity index is 2.12. The van der Waals surface area contributed by atoms with Gasteiger partial charge in [-0.25, -0.2) is 4.39 Å². The second-order valence-electron chi connectivity index (χ2n) is 5.33. The van der Waals surface area contributed by atoms with Crippen molar-refractivity contribution in [3.05, 3.63) is 35.1 Å². The Hall–Kier alpha value is -1.90. The number of halogens is 1. The maximum absolute atomic E-state index is 14.0. The number of hydrogen-bond acceptors (Lipinski definition) is 3. The van der Waals surface area contributed by atoms with Crippen LogP contribution in [0.15, 0.2) is 18.2 Å². The number of nitrogens with one attached hydrogen (secondary N) is 1. The Morgan fingerprint density at radius 2 is 2.19 bits per heavy atom. The molecule has 0 atom stereocenters. The van der Waals surface area contributed by atoms with Crippen LogP contribution in [0.1, 0.15) is 35.7 Å². The standard InChI is InChI=1S/C16H19FN2O2/c1-16(6-9-21-10-7-16)19-15(20)13-5-4-12(3-2-8-18)11-14(13)17/h4-5,11H,6-10,18H2,1H3,(H,19,20). The summed E-state index contributed by atoms with van der Waals surface area (Å²) < 4.78 is 19.3. The lowest BCUT2D eigenvalue weighted by atomic mass is 9.92. The largest absolute Gasteiger partial charge is 0.381 e. The molecule has 1 fully saturated rings. The molecule has 0 bridgehead atoms. The quantitative estimate of drug-likeness (QED) is 0.810. The Morgan fingerprint density at radius 1 is 1.48 bits per heavy atom. The normalized spacial score (nSPS) is 16.7. The number of hydrogen-bond donors (Lipinski definition) is 2. The Bertz CT molecular complexity index is 584. The van der Waals surface area contributed by atoms with Crippen molar-refractivity contribution in [1.82, 2.24) is 5.32 Å². The predicted molar refractivity (Wildman–Crippen MR) is 78.3 cm³/mol. The van der Waals surface area contributed by atoms with Crippen molar-refractivity contribution in [2.75, 3.05) is 19.8 Å². The second-order valence-corrected chi connectivity index (χ2v) is 5.33. The van der Waals surface area contributed by atoms with Gasteiger partial charge >= 0.3 is 0 Å². The number of carbonyl (C=O) groups excluding carboxylic acids is 1. The summed E-state index contributed by atoms with van der Waals surface area (Å²) in [6.07, 6.45) is 1.45. The lowest BCUT2D eigenvalue weighted by Gasteiger charge is -2.34. The average Bonchev–Trinajstić information content (AvgIpc) is 2.45. The number of nitrogens with two attached hydrogens (primary N) is 1. The van der Waals surface area contributed by atoms with Crippen LogP contribution in [0.3, 0.4) is 0 Å². The van der Waals surface area contributed by atoms with E-state index in [4.69, 9.17) is 10.5 Å². The van der Waals surface area contributed by atoms with E-state index in [1.807, 2.05) is 6.92 Å². The van der Waals surface area contributed by atoms with E-state index in [1.165, 1.54) is 12.1 Å². The molecule has 0 radical (unpaired) electrons. The average molecular weight is 290 g/mol. The number of benzene rings is 1. The van der Waals surface area contributed by atoms with Crippen LogP contribution in [0.25, 0.3) is 0 Å². The third kappa shape index (κ3) is 4.03. The topological polar surface area (TPSA) is 64.4 Å². The van der Waals surface area contributed by atoms with Crippen LogP contribution in [0.4, 0.5) is 4.39 Å². The Labute approximate surface area is 123 Å². The molecule has 1 aliphatic heterocycles. The van der Waals surface area contributed by atoms with E-state index in [1.54, 1.807) is 6.07 Å². The monoisotopic (exact) mass is 290 g/mol. The van der Waals surface area contributed by atoms with Gasteiger partial charge in [0.05, 0.1) is 12.1 Å². The third-order valence-corrected chi connectivity index (χ3v) is 3.56. The van der Waals surface area contributed by atoms with Crippen LogP contribution >= 0.6 is 0 Å². The van der Waals surface area contributed by atoms with Crippen LogP contribution in [-0.2, 0) is 4.74 Å². The molecule has 0 aromatic heterocycles. The minimum absolute atomic E-state index is 0.0287. The molecular formula is C16H19FN2O2. The number of carbonyl (C=O) groups is 1. The van der Waals surface area contributed by atoms with Crippen molar-refractivity contribution in [2.45, 2.75) is 25.3 Å². The lowest BCUT2D eigenvalue weighted by Crippen LogP contribution is -2.49. The predicted octanol–water partition coefficient (Wildman–Crippen LogP) is 1.43. The highest BCUT2D eigenvalue weighted by Crippen LogP contribution is 2.21. The maximum atomic E-state index is 14.0. The highest BCUT2D eigenvalue weighted by molar-refractivity contribution is 5.95. The van der Waals surface area contributed by atoms with Gasteiger partial charge in [0.1, 0.15) is 5.82 Å². The lowest BCUT2D eigenvalue weighted by molar-refractivity contribution is 0.0422.